The maximum atomic E-state index is 5.75. The van der Waals surface area contributed by atoms with E-state index in [9.17, 15) is 0 Å². The van der Waals surface area contributed by atoms with Gasteiger partial charge in [0.1, 0.15) is 12.9 Å². The summed E-state index contributed by atoms with van der Waals surface area (Å²) >= 11 is 0. The zero-order chi connectivity index (χ0) is 16.3. The molecule has 0 aliphatic carbocycles. The van der Waals surface area contributed by atoms with Crippen molar-refractivity contribution < 1.29 is 9.47 Å². The minimum Gasteiger partial charge on any atom is -0.379 e. The van der Waals surface area contributed by atoms with Crippen molar-refractivity contribution in [1.29, 1.82) is 0 Å². The van der Waals surface area contributed by atoms with Crippen LogP contribution in [0.1, 0.15) is 32.5 Å². The first kappa shape index (κ1) is 21.1. The van der Waals surface area contributed by atoms with Crippen LogP contribution in [0, 0.1) is 0 Å². The van der Waals surface area contributed by atoms with Crippen molar-refractivity contribution in [3.05, 3.63) is 12.2 Å². The molecule has 9 heteroatoms. The molecule has 0 spiro atoms. The summed E-state index contributed by atoms with van der Waals surface area (Å²) in [5.74, 6) is 1.66. The molecule has 0 amide bonds. The van der Waals surface area contributed by atoms with Gasteiger partial charge in [-0.3, -0.25) is 0 Å². The van der Waals surface area contributed by atoms with Crippen LogP contribution in [0.25, 0.3) is 0 Å². The number of aryl methyl sites for hydroxylation is 1. The molecule has 8 nitrogen and oxygen atoms in total. The maximum absolute atomic E-state index is 5.75. The van der Waals surface area contributed by atoms with Crippen molar-refractivity contribution in [2.24, 2.45) is 4.99 Å². The summed E-state index contributed by atoms with van der Waals surface area (Å²) in [4.78, 5) is 4.55. The number of nitrogens with one attached hydrogen (secondary N) is 2. The molecule has 1 aromatic rings. The molecule has 1 saturated heterocycles. The number of halogens is 1. The second-order valence-corrected chi connectivity index (χ2v) is 5.37. The molecule has 0 bridgehead atoms. The van der Waals surface area contributed by atoms with Gasteiger partial charge in [-0.1, -0.05) is 0 Å². The van der Waals surface area contributed by atoms with Crippen LogP contribution in [0.2, 0.25) is 0 Å². The van der Waals surface area contributed by atoms with E-state index in [0.717, 1.165) is 64.1 Å². The van der Waals surface area contributed by atoms with Crippen LogP contribution < -0.4 is 10.6 Å². The van der Waals surface area contributed by atoms with Crippen LogP contribution in [0.4, 0.5) is 0 Å². The topological polar surface area (TPSA) is 85.6 Å². The largest absolute Gasteiger partial charge is 0.379 e. The summed E-state index contributed by atoms with van der Waals surface area (Å²) in [5.41, 5.74) is 0. The van der Waals surface area contributed by atoms with Gasteiger partial charge in [-0.2, -0.15) is 0 Å². The van der Waals surface area contributed by atoms with Crippen molar-refractivity contribution in [3.63, 3.8) is 0 Å². The number of aromatic nitrogens is 3. The van der Waals surface area contributed by atoms with E-state index >= 15 is 0 Å². The Balaban J connectivity index is 0.00000288. The van der Waals surface area contributed by atoms with E-state index in [0.29, 0.717) is 6.54 Å². The quantitative estimate of drug-likeness (QED) is 0.253. The van der Waals surface area contributed by atoms with Crippen LogP contribution in [0.3, 0.4) is 0 Å². The molecule has 2 heterocycles. The third-order valence-electron chi connectivity index (χ3n) is 3.61. The van der Waals surface area contributed by atoms with E-state index in [1.807, 2.05) is 4.57 Å². The van der Waals surface area contributed by atoms with Crippen LogP contribution >= 0.6 is 24.0 Å². The van der Waals surface area contributed by atoms with E-state index in [-0.39, 0.29) is 30.1 Å². The van der Waals surface area contributed by atoms with E-state index in [1.54, 1.807) is 6.33 Å². The van der Waals surface area contributed by atoms with E-state index in [2.05, 4.69) is 39.7 Å². The summed E-state index contributed by atoms with van der Waals surface area (Å²) in [6, 6.07) is 0. The molecule has 2 N–H and O–H groups in total. The van der Waals surface area contributed by atoms with E-state index in [4.69, 9.17) is 9.47 Å². The number of guanidine groups is 1. The highest BCUT2D eigenvalue weighted by molar-refractivity contribution is 14.0. The number of ether oxygens (including phenoxy) is 2. The van der Waals surface area contributed by atoms with Gasteiger partial charge in [0.05, 0.1) is 12.7 Å². The van der Waals surface area contributed by atoms with Gasteiger partial charge in [0.25, 0.3) is 0 Å². The first-order valence-corrected chi connectivity index (χ1v) is 8.41. The van der Waals surface area contributed by atoms with Crippen LogP contribution in [0.15, 0.2) is 11.3 Å². The fourth-order valence-corrected chi connectivity index (χ4v) is 2.33. The lowest BCUT2D eigenvalue weighted by atomic mass is 10.3. The van der Waals surface area contributed by atoms with Crippen LogP contribution in [0.5, 0.6) is 0 Å². The van der Waals surface area contributed by atoms with Crippen molar-refractivity contribution in [3.8, 4) is 0 Å². The molecule has 1 fully saturated rings. The summed E-state index contributed by atoms with van der Waals surface area (Å²) < 4.78 is 13.0. The first-order valence-electron chi connectivity index (χ1n) is 8.41. The molecule has 138 valence electrons. The highest BCUT2D eigenvalue weighted by Crippen LogP contribution is 2.07. The minimum atomic E-state index is 0. The van der Waals surface area contributed by atoms with Gasteiger partial charge in [0.15, 0.2) is 11.8 Å². The van der Waals surface area contributed by atoms with Crippen molar-refractivity contribution in [2.75, 3.05) is 32.9 Å². The molecule has 0 aromatic carbocycles. The lowest BCUT2D eigenvalue weighted by Crippen LogP contribution is -2.38. The monoisotopic (exact) mass is 452 g/mol. The highest BCUT2D eigenvalue weighted by Gasteiger charge is 2.15. The molecule has 0 saturated carbocycles. The second-order valence-electron chi connectivity index (χ2n) is 5.37. The molecule has 0 radical (unpaired) electrons. The molecule has 1 atom stereocenters. The average Bonchev–Trinajstić information content (AvgIpc) is 3.23. The lowest BCUT2D eigenvalue weighted by molar-refractivity contribution is 0.0420. The highest BCUT2D eigenvalue weighted by atomic mass is 127. The molecular weight excluding hydrogens is 423 g/mol. The summed E-state index contributed by atoms with van der Waals surface area (Å²) in [6.45, 7) is 9.42. The van der Waals surface area contributed by atoms with Crippen molar-refractivity contribution in [1.82, 2.24) is 25.4 Å². The smallest absolute Gasteiger partial charge is 0.191 e. The Bertz CT molecular complexity index is 476. The van der Waals surface area contributed by atoms with Gasteiger partial charge in [-0.05, 0) is 26.7 Å². The van der Waals surface area contributed by atoms with Crippen LogP contribution in [-0.2, 0) is 22.6 Å². The minimum absolute atomic E-state index is 0. The zero-order valence-corrected chi connectivity index (χ0v) is 16.9. The van der Waals surface area contributed by atoms with Crippen molar-refractivity contribution >= 4 is 29.9 Å². The number of hydrogen-bond donors (Lipinski definition) is 2. The summed E-state index contributed by atoms with van der Waals surface area (Å²) in [7, 11) is 0. The summed E-state index contributed by atoms with van der Waals surface area (Å²) in [6.07, 6.45) is 3.95. The van der Waals surface area contributed by atoms with Gasteiger partial charge in [-0.25, -0.2) is 4.99 Å². The number of hydrogen-bond acceptors (Lipinski definition) is 5. The molecule has 24 heavy (non-hydrogen) atoms. The van der Waals surface area contributed by atoms with E-state index in [1.165, 1.54) is 0 Å². The Hall–Kier alpha value is -0.940. The van der Waals surface area contributed by atoms with Crippen LogP contribution in [-0.4, -0.2) is 59.7 Å². The third-order valence-corrected chi connectivity index (χ3v) is 3.61. The first-order chi connectivity index (χ1) is 11.3. The molecule has 1 aliphatic rings. The summed E-state index contributed by atoms with van der Waals surface area (Å²) in [5, 5.41) is 14.6. The molecular formula is C15H29IN6O2. The predicted octanol–water partition coefficient (Wildman–Crippen LogP) is 1.17. The van der Waals surface area contributed by atoms with Gasteiger partial charge in [-0.15, -0.1) is 34.2 Å². The number of nitrogens with zero attached hydrogens (tertiary/aromatic N) is 4. The lowest BCUT2D eigenvalue weighted by Gasteiger charge is -2.13. The molecule has 1 aliphatic heterocycles. The van der Waals surface area contributed by atoms with Gasteiger partial charge in [0.2, 0.25) is 0 Å². The second kappa shape index (κ2) is 12.4. The molecule has 1 unspecified atom stereocenters. The Kier molecular flexibility index (Phi) is 10.9. The van der Waals surface area contributed by atoms with Gasteiger partial charge >= 0.3 is 0 Å². The Labute approximate surface area is 160 Å². The molecule has 1 aromatic heterocycles. The molecule has 2 rings (SSSR count). The zero-order valence-electron chi connectivity index (χ0n) is 14.5. The average molecular weight is 452 g/mol. The SMILES string of the molecule is CCNC(=NCc1nncn1CC)NCCCOC1CCOC1.I. The fraction of sp³-hybridized carbons (Fsp3) is 0.800. The van der Waals surface area contributed by atoms with Gasteiger partial charge in [0, 0.05) is 32.8 Å². The third kappa shape index (κ3) is 7.31. The Morgan fingerprint density at radius 3 is 3.04 bits per heavy atom. The Morgan fingerprint density at radius 2 is 2.33 bits per heavy atom. The fourth-order valence-electron chi connectivity index (χ4n) is 2.33. The predicted molar refractivity (Wildman–Crippen MR) is 104 cm³/mol. The standard InChI is InChI=1S/C15H28N6O2.HI/c1-3-16-15(18-10-14-20-19-12-21(14)4-2)17-7-5-8-23-13-6-9-22-11-13;/h12-13H,3-11H2,1-2H3,(H2,16,17,18);1H. The Morgan fingerprint density at radius 1 is 1.46 bits per heavy atom. The normalized spacial score (nSPS) is 17.6. The van der Waals surface area contributed by atoms with Gasteiger partial charge < -0.3 is 24.7 Å². The van der Waals surface area contributed by atoms with E-state index < -0.39 is 0 Å². The number of aliphatic imine (C=N–C) groups is 1. The number of rotatable bonds is 9. The van der Waals surface area contributed by atoms with Crippen molar-refractivity contribution in [2.45, 2.75) is 45.9 Å². The maximum Gasteiger partial charge on any atom is 0.191 e.